The van der Waals surface area contributed by atoms with E-state index in [0.717, 1.165) is 31.4 Å². The summed E-state index contributed by atoms with van der Waals surface area (Å²) in [7, 11) is 0. The first-order chi connectivity index (χ1) is 8.25. The van der Waals surface area contributed by atoms with Crippen LogP contribution in [0.1, 0.15) is 30.0 Å². The van der Waals surface area contributed by atoms with Crippen LogP contribution in [0.15, 0.2) is 12.1 Å². The summed E-state index contributed by atoms with van der Waals surface area (Å²) in [4.78, 5) is 0. The van der Waals surface area contributed by atoms with E-state index in [2.05, 4.69) is 46.3 Å². The highest BCUT2D eigenvalue weighted by Gasteiger charge is 2.18. The van der Waals surface area contributed by atoms with Crippen LogP contribution in [0, 0.1) is 13.8 Å². The van der Waals surface area contributed by atoms with E-state index in [1.165, 1.54) is 16.6 Å². The standard InChI is InChI=1S/C13H18N4/c1-9-7-12-13(8-10(9)2)17(16-15-12)11-3-5-14-6-4-11/h7-8,11,14H,3-6H2,1-2H3. The Balaban J connectivity index is 2.07. The smallest absolute Gasteiger partial charge is 0.113 e. The molecule has 1 aromatic heterocycles. The fourth-order valence-corrected chi connectivity index (χ4v) is 2.51. The van der Waals surface area contributed by atoms with Crippen molar-refractivity contribution < 1.29 is 0 Å². The Morgan fingerprint density at radius 1 is 1.18 bits per heavy atom. The van der Waals surface area contributed by atoms with Gasteiger partial charge in [-0.05, 0) is 63.0 Å². The second-order valence-electron chi connectivity index (χ2n) is 4.94. The summed E-state index contributed by atoms with van der Waals surface area (Å²) in [6, 6.07) is 4.85. The molecule has 0 amide bonds. The molecule has 0 aliphatic carbocycles. The fraction of sp³-hybridized carbons (Fsp3) is 0.538. The van der Waals surface area contributed by atoms with Crippen LogP contribution in [-0.4, -0.2) is 28.1 Å². The van der Waals surface area contributed by atoms with Crippen molar-refractivity contribution in [1.82, 2.24) is 20.3 Å². The molecule has 0 radical (unpaired) electrons. The maximum Gasteiger partial charge on any atom is 0.113 e. The summed E-state index contributed by atoms with van der Waals surface area (Å²) in [5.41, 5.74) is 4.80. The Labute approximate surface area is 101 Å². The molecule has 1 fully saturated rings. The van der Waals surface area contributed by atoms with Crippen LogP contribution in [-0.2, 0) is 0 Å². The lowest BCUT2D eigenvalue weighted by atomic mass is 10.1. The van der Waals surface area contributed by atoms with Gasteiger partial charge in [0.1, 0.15) is 5.52 Å². The van der Waals surface area contributed by atoms with Crippen LogP contribution in [0.2, 0.25) is 0 Å². The van der Waals surface area contributed by atoms with Crippen molar-refractivity contribution >= 4 is 11.0 Å². The number of rotatable bonds is 1. The van der Waals surface area contributed by atoms with Gasteiger partial charge in [0.15, 0.2) is 0 Å². The van der Waals surface area contributed by atoms with Crippen LogP contribution < -0.4 is 5.32 Å². The molecule has 4 heteroatoms. The van der Waals surface area contributed by atoms with Crippen molar-refractivity contribution in [2.45, 2.75) is 32.7 Å². The molecule has 1 N–H and O–H groups in total. The van der Waals surface area contributed by atoms with Crippen molar-refractivity contribution in [3.05, 3.63) is 23.3 Å². The van der Waals surface area contributed by atoms with E-state index in [-0.39, 0.29) is 0 Å². The molecule has 17 heavy (non-hydrogen) atoms. The lowest BCUT2D eigenvalue weighted by Gasteiger charge is -2.23. The minimum absolute atomic E-state index is 0.503. The highest BCUT2D eigenvalue weighted by Crippen LogP contribution is 2.24. The highest BCUT2D eigenvalue weighted by molar-refractivity contribution is 5.76. The third kappa shape index (κ3) is 1.82. The largest absolute Gasteiger partial charge is 0.317 e. The van der Waals surface area contributed by atoms with Gasteiger partial charge in [0.25, 0.3) is 0 Å². The van der Waals surface area contributed by atoms with Gasteiger partial charge in [-0.1, -0.05) is 5.21 Å². The second-order valence-corrected chi connectivity index (χ2v) is 4.94. The molecule has 0 atom stereocenters. The average Bonchev–Trinajstić information content (AvgIpc) is 2.74. The number of aryl methyl sites for hydroxylation is 2. The van der Waals surface area contributed by atoms with E-state index >= 15 is 0 Å². The lowest BCUT2D eigenvalue weighted by Crippen LogP contribution is -2.29. The van der Waals surface area contributed by atoms with E-state index in [1.807, 2.05) is 0 Å². The molecule has 0 saturated carbocycles. The Bertz CT molecular complexity index is 538. The van der Waals surface area contributed by atoms with Gasteiger partial charge in [0, 0.05) is 0 Å². The van der Waals surface area contributed by atoms with Crippen LogP contribution >= 0.6 is 0 Å². The summed E-state index contributed by atoms with van der Waals surface area (Å²) < 4.78 is 2.11. The van der Waals surface area contributed by atoms with Gasteiger partial charge in [-0.2, -0.15) is 0 Å². The molecule has 4 nitrogen and oxygen atoms in total. The average molecular weight is 230 g/mol. The molecule has 90 valence electrons. The van der Waals surface area contributed by atoms with E-state index < -0.39 is 0 Å². The van der Waals surface area contributed by atoms with Crippen molar-refractivity contribution in [3.63, 3.8) is 0 Å². The predicted molar refractivity (Wildman–Crippen MR) is 68.1 cm³/mol. The molecular weight excluding hydrogens is 212 g/mol. The quantitative estimate of drug-likeness (QED) is 0.814. The first kappa shape index (κ1) is 10.7. The number of nitrogens with one attached hydrogen (secondary N) is 1. The molecule has 0 bridgehead atoms. The Morgan fingerprint density at radius 3 is 2.65 bits per heavy atom. The van der Waals surface area contributed by atoms with Crippen molar-refractivity contribution in [2.75, 3.05) is 13.1 Å². The lowest BCUT2D eigenvalue weighted by molar-refractivity contribution is 0.345. The fourth-order valence-electron chi connectivity index (χ4n) is 2.51. The minimum atomic E-state index is 0.503. The van der Waals surface area contributed by atoms with E-state index in [9.17, 15) is 0 Å². The first-order valence-electron chi connectivity index (χ1n) is 6.28. The molecule has 1 saturated heterocycles. The number of fused-ring (bicyclic) bond motifs is 1. The number of hydrogen-bond donors (Lipinski definition) is 1. The van der Waals surface area contributed by atoms with E-state index in [0.29, 0.717) is 6.04 Å². The molecule has 1 aromatic carbocycles. The zero-order valence-corrected chi connectivity index (χ0v) is 10.4. The Hall–Kier alpha value is -1.42. The van der Waals surface area contributed by atoms with E-state index in [4.69, 9.17) is 0 Å². The molecule has 0 unspecified atom stereocenters. The number of benzene rings is 1. The van der Waals surface area contributed by atoms with Crippen molar-refractivity contribution in [2.24, 2.45) is 0 Å². The third-order valence-electron chi connectivity index (χ3n) is 3.74. The van der Waals surface area contributed by atoms with E-state index in [1.54, 1.807) is 0 Å². The van der Waals surface area contributed by atoms with Crippen molar-refractivity contribution in [3.8, 4) is 0 Å². The van der Waals surface area contributed by atoms with Gasteiger partial charge < -0.3 is 5.32 Å². The van der Waals surface area contributed by atoms with Crippen LogP contribution in [0.5, 0.6) is 0 Å². The summed E-state index contributed by atoms with van der Waals surface area (Å²) in [5, 5.41) is 12.0. The Morgan fingerprint density at radius 2 is 1.88 bits per heavy atom. The zero-order valence-electron chi connectivity index (χ0n) is 10.4. The van der Waals surface area contributed by atoms with Gasteiger partial charge >= 0.3 is 0 Å². The molecule has 0 spiro atoms. The topological polar surface area (TPSA) is 42.7 Å². The molecule has 1 aliphatic heterocycles. The maximum atomic E-state index is 4.34. The summed E-state index contributed by atoms with van der Waals surface area (Å²) in [6.07, 6.45) is 2.29. The monoisotopic (exact) mass is 230 g/mol. The summed E-state index contributed by atoms with van der Waals surface area (Å²) in [6.45, 7) is 6.43. The van der Waals surface area contributed by atoms with Gasteiger partial charge in [-0.3, -0.25) is 0 Å². The molecule has 1 aliphatic rings. The number of hydrogen-bond acceptors (Lipinski definition) is 3. The second kappa shape index (κ2) is 4.11. The number of piperidine rings is 1. The predicted octanol–water partition coefficient (Wildman–Crippen LogP) is 1.97. The molecule has 2 heterocycles. The van der Waals surface area contributed by atoms with Crippen molar-refractivity contribution in [1.29, 1.82) is 0 Å². The van der Waals surface area contributed by atoms with Crippen LogP contribution in [0.3, 0.4) is 0 Å². The third-order valence-corrected chi connectivity index (χ3v) is 3.74. The van der Waals surface area contributed by atoms with Crippen LogP contribution in [0.4, 0.5) is 0 Å². The summed E-state index contributed by atoms with van der Waals surface area (Å²) in [5.74, 6) is 0. The van der Waals surface area contributed by atoms with Gasteiger partial charge in [-0.15, -0.1) is 5.10 Å². The SMILES string of the molecule is Cc1cc2nnn(C3CCNCC3)c2cc1C. The highest BCUT2D eigenvalue weighted by atomic mass is 15.4. The molecular formula is C13H18N4. The maximum absolute atomic E-state index is 4.34. The van der Waals surface area contributed by atoms with Gasteiger partial charge in [0.05, 0.1) is 11.6 Å². The minimum Gasteiger partial charge on any atom is -0.317 e. The first-order valence-corrected chi connectivity index (χ1v) is 6.28. The number of aromatic nitrogens is 3. The normalized spacial score (nSPS) is 17.8. The number of nitrogens with zero attached hydrogens (tertiary/aromatic N) is 3. The van der Waals surface area contributed by atoms with Gasteiger partial charge in [-0.25, -0.2) is 4.68 Å². The molecule has 2 aromatic rings. The summed E-state index contributed by atoms with van der Waals surface area (Å²) >= 11 is 0. The van der Waals surface area contributed by atoms with Gasteiger partial charge in [0.2, 0.25) is 0 Å². The van der Waals surface area contributed by atoms with Crippen LogP contribution in [0.25, 0.3) is 11.0 Å². The zero-order chi connectivity index (χ0) is 11.8. The Kier molecular flexibility index (Phi) is 2.59. The molecule has 3 rings (SSSR count).